The van der Waals surface area contributed by atoms with E-state index in [1.807, 2.05) is 53.4 Å². The summed E-state index contributed by atoms with van der Waals surface area (Å²) in [7, 11) is 1.66. The molecule has 1 fully saturated rings. The first-order valence-electron chi connectivity index (χ1n) is 12.2. The number of nitrogens with zero attached hydrogens (tertiary/aromatic N) is 3. The molecule has 1 aliphatic heterocycles. The van der Waals surface area contributed by atoms with Gasteiger partial charge < -0.3 is 18.9 Å². The number of hydrogen-bond donors (Lipinski definition) is 0. The third-order valence-electron chi connectivity index (χ3n) is 6.57. The Morgan fingerprint density at radius 3 is 2.60 bits per heavy atom. The summed E-state index contributed by atoms with van der Waals surface area (Å²) in [5.74, 6) is 2.94. The van der Waals surface area contributed by atoms with Crippen LogP contribution in [0.5, 0.6) is 11.5 Å². The molecule has 6 nitrogen and oxygen atoms in total. The molecule has 1 atom stereocenters. The molecule has 0 radical (unpaired) electrons. The molecule has 0 bridgehead atoms. The van der Waals surface area contributed by atoms with Crippen LogP contribution < -0.4 is 9.47 Å². The fraction of sp³-hybridized carbons (Fsp3) is 0.310. The predicted molar refractivity (Wildman–Crippen MR) is 137 cm³/mol. The minimum absolute atomic E-state index is 0.103. The van der Waals surface area contributed by atoms with E-state index in [9.17, 15) is 4.79 Å². The van der Waals surface area contributed by atoms with Gasteiger partial charge in [0.25, 0.3) is 0 Å². The van der Waals surface area contributed by atoms with Crippen LogP contribution in [0.3, 0.4) is 0 Å². The second-order valence-corrected chi connectivity index (χ2v) is 9.01. The molecule has 1 amide bonds. The summed E-state index contributed by atoms with van der Waals surface area (Å²) < 4.78 is 13.5. The lowest BCUT2D eigenvalue weighted by atomic mass is 10.1. The summed E-state index contributed by atoms with van der Waals surface area (Å²) in [5.41, 5.74) is 3.28. The number of methoxy groups -OCH3 is 1. The van der Waals surface area contributed by atoms with E-state index in [0.717, 1.165) is 53.3 Å². The molecule has 180 valence electrons. The summed E-state index contributed by atoms with van der Waals surface area (Å²) in [5, 5.41) is 0. The molecular formula is C29H31N3O3. The van der Waals surface area contributed by atoms with E-state index in [2.05, 4.69) is 34.9 Å². The van der Waals surface area contributed by atoms with E-state index < -0.39 is 0 Å². The third-order valence-corrected chi connectivity index (χ3v) is 6.57. The van der Waals surface area contributed by atoms with Gasteiger partial charge in [-0.05, 0) is 42.7 Å². The van der Waals surface area contributed by atoms with E-state index in [4.69, 9.17) is 14.5 Å². The maximum atomic E-state index is 12.8. The zero-order valence-electron chi connectivity index (χ0n) is 20.1. The number of carbonyl (C=O) groups is 1. The molecule has 0 aliphatic carbocycles. The highest BCUT2D eigenvalue weighted by atomic mass is 16.5. The van der Waals surface area contributed by atoms with E-state index in [-0.39, 0.29) is 11.8 Å². The Morgan fingerprint density at radius 2 is 1.74 bits per heavy atom. The van der Waals surface area contributed by atoms with Crippen molar-refractivity contribution in [2.75, 3.05) is 20.3 Å². The second-order valence-electron chi connectivity index (χ2n) is 9.01. The van der Waals surface area contributed by atoms with Gasteiger partial charge in [-0.2, -0.15) is 0 Å². The Balaban J connectivity index is 1.25. The normalized spacial score (nSPS) is 15.6. The molecule has 0 spiro atoms. The predicted octanol–water partition coefficient (Wildman–Crippen LogP) is 5.42. The molecule has 2 heterocycles. The lowest BCUT2D eigenvalue weighted by Crippen LogP contribution is -2.24. The van der Waals surface area contributed by atoms with Crippen LogP contribution in [0.4, 0.5) is 0 Å². The topological polar surface area (TPSA) is 56.6 Å². The van der Waals surface area contributed by atoms with Crippen LogP contribution in [0.1, 0.15) is 36.6 Å². The summed E-state index contributed by atoms with van der Waals surface area (Å²) in [6.45, 7) is 2.84. The second kappa shape index (κ2) is 10.6. The number of imidazole rings is 1. The Bertz CT molecular complexity index is 1280. The van der Waals surface area contributed by atoms with Crippen LogP contribution >= 0.6 is 0 Å². The molecule has 1 saturated heterocycles. The first kappa shape index (κ1) is 23.0. The number of unbranched alkanes of at least 4 members (excludes halogenated alkanes) is 1. The van der Waals surface area contributed by atoms with Crippen LogP contribution in [-0.2, 0) is 17.9 Å². The molecule has 0 saturated carbocycles. The number of benzene rings is 3. The van der Waals surface area contributed by atoms with Crippen LogP contribution in [0.25, 0.3) is 11.0 Å². The molecule has 1 aromatic heterocycles. The van der Waals surface area contributed by atoms with Crippen LogP contribution in [0, 0.1) is 0 Å². The SMILES string of the molecule is COc1cccc(OCCCCn2c(C3CC(=O)N(Cc4ccccc4)C3)nc3ccccc32)c1. The third kappa shape index (κ3) is 5.32. The van der Waals surface area contributed by atoms with Crippen molar-refractivity contribution >= 4 is 16.9 Å². The maximum Gasteiger partial charge on any atom is 0.223 e. The fourth-order valence-corrected chi connectivity index (χ4v) is 4.80. The Kier molecular flexibility index (Phi) is 6.98. The van der Waals surface area contributed by atoms with Gasteiger partial charge in [-0.3, -0.25) is 4.79 Å². The molecule has 6 heteroatoms. The number of rotatable bonds is 10. The fourth-order valence-electron chi connectivity index (χ4n) is 4.80. The molecule has 1 aliphatic rings. The molecule has 35 heavy (non-hydrogen) atoms. The van der Waals surface area contributed by atoms with Crippen molar-refractivity contribution in [2.24, 2.45) is 0 Å². The standard InChI is InChI=1S/C29H31N3O3/c1-34-24-12-9-13-25(19-24)35-17-8-7-16-32-27-15-6-5-14-26(27)30-29(32)23-18-28(33)31(21-23)20-22-10-3-2-4-11-22/h2-6,9-15,19,23H,7-8,16-18,20-21H2,1H3. The zero-order valence-corrected chi connectivity index (χ0v) is 20.1. The van der Waals surface area contributed by atoms with Gasteiger partial charge in [0.2, 0.25) is 5.91 Å². The highest BCUT2D eigenvalue weighted by Gasteiger charge is 2.33. The minimum Gasteiger partial charge on any atom is -0.497 e. The van der Waals surface area contributed by atoms with Crippen LogP contribution in [0.15, 0.2) is 78.9 Å². The number of para-hydroxylation sites is 2. The minimum atomic E-state index is 0.103. The number of ether oxygens (including phenoxy) is 2. The van der Waals surface area contributed by atoms with Crippen molar-refractivity contribution in [3.8, 4) is 11.5 Å². The molecule has 4 aromatic rings. The van der Waals surface area contributed by atoms with Crippen molar-refractivity contribution in [1.82, 2.24) is 14.5 Å². The maximum absolute atomic E-state index is 12.8. The summed E-state index contributed by atoms with van der Waals surface area (Å²) in [6.07, 6.45) is 2.40. The Labute approximate surface area is 206 Å². The molecule has 0 N–H and O–H groups in total. The number of carbonyl (C=O) groups excluding carboxylic acids is 1. The van der Waals surface area contributed by atoms with Crippen molar-refractivity contribution < 1.29 is 14.3 Å². The average molecular weight is 470 g/mol. The van der Waals surface area contributed by atoms with Crippen LogP contribution in [-0.4, -0.2) is 40.6 Å². The molecule has 5 rings (SSSR count). The van der Waals surface area contributed by atoms with Gasteiger partial charge in [0, 0.05) is 38.0 Å². The summed E-state index contributed by atoms with van der Waals surface area (Å²) in [4.78, 5) is 19.8. The number of fused-ring (bicyclic) bond motifs is 1. The largest absolute Gasteiger partial charge is 0.497 e. The van der Waals surface area contributed by atoms with Gasteiger partial charge >= 0.3 is 0 Å². The number of aryl methyl sites for hydroxylation is 1. The van der Waals surface area contributed by atoms with E-state index in [0.29, 0.717) is 26.1 Å². The van der Waals surface area contributed by atoms with Crippen LogP contribution in [0.2, 0.25) is 0 Å². The first-order valence-corrected chi connectivity index (χ1v) is 12.2. The lowest BCUT2D eigenvalue weighted by molar-refractivity contribution is -0.128. The highest BCUT2D eigenvalue weighted by Crippen LogP contribution is 2.31. The van der Waals surface area contributed by atoms with Crippen molar-refractivity contribution in [3.05, 3.63) is 90.3 Å². The first-order chi connectivity index (χ1) is 17.2. The van der Waals surface area contributed by atoms with Crippen molar-refractivity contribution in [1.29, 1.82) is 0 Å². The number of likely N-dealkylation sites (tertiary alicyclic amines) is 1. The van der Waals surface area contributed by atoms with Gasteiger partial charge in [-0.15, -0.1) is 0 Å². The van der Waals surface area contributed by atoms with Gasteiger partial charge in [0.15, 0.2) is 0 Å². The lowest BCUT2D eigenvalue weighted by Gasteiger charge is -2.17. The van der Waals surface area contributed by atoms with Crippen molar-refractivity contribution in [3.63, 3.8) is 0 Å². The van der Waals surface area contributed by atoms with Crippen molar-refractivity contribution in [2.45, 2.75) is 38.3 Å². The number of amides is 1. The monoisotopic (exact) mass is 469 g/mol. The number of hydrogen-bond acceptors (Lipinski definition) is 4. The van der Waals surface area contributed by atoms with E-state index in [1.54, 1.807) is 7.11 Å². The average Bonchev–Trinajstić information content (AvgIpc) is 3.44. The van der Waals surface area contributed by atoms with Gasteiger partial charge in [0.05, 0.1) is 24.8 Å². The zero-order chi connectivity index (χ0) is 24.0. The summed E-state index contributed by atoms with van der Waals surface area (Å²) >= 11 is 0. The van der Waals surface area contributed by atoms with Gasteiger partial charge in [-0.25, -0.2) is 4.98 Å². The van der Waals surface area contributed by atoms with Gasteiger partial charge in [0.1, 0.15) is 17.3 Å². The van der Waals surface area contributed by atoms with E-state index >= 15 is 0 Å². The highest BCUT2D eigenvalue weighted by molar-refractivity contribution is 5.81. The summed E-state index contributed by atoms with van der Waals surface area (Å²) in [6, 6.07) is 26.1. The Morgan fingerprint density at radius 1 is 0.943 bits per heavy atom. The van der Waals surface area contributed by atoms with E-state index in [1.165, 1.54) is 0 Å². The Hall–Kier alpha value is -3.80. The molecule has 3 aromatic carbocycles. The number of aromatic nitrogens is 2. The molecular weight excluding hydrogens is 438 g/mol. The molecule has 1 unspecified atom stereocenters. The quantitative estimate of drug-likeness (QED) is 0.291. The smallest absolute Gasteiger partial charge is 0.223 e. The van der Waals surface area contributed by atoms with Gasteiger partial charge in [-0.1, -0.05) is 48.5 Å².